The van der Waals surface area contributed by atoms with Crippen LogP contribution in [0.2, 0.25) is 0 Å². The second kappa shape index (κ2) is 4.77. The van der Waals surface area contributed by atoms with Crippen molar-refractivity contribution in [3.63, 3.8) is 0 Å². The van der Waals surface area contributed by atoms with E-state index >= 15 is 0 Å². The molecule has 1 aromatic heterocycles. The van der Waals surface area contributed by atoms with Gasteiger partial charge in [-0.05, 0) is 30.7 Å². The lowest BCUT2D eigenvalue weighted by Gasteiger charge is -2.23. The predicted molar refractivity (Wildman–Crippen MR) is 72.2 cm³/mol. The molecule has 0 unspecified atom stereocenters. The highest BCUT2D eigenvalue weighted by Crippen LogP contribution is 2.33. The van der Waals surface area contributed by atoms with Crippen LogP contribution in [0.15, 0.2) is 41.7 Å². The van der Waals surface area contributed by atoms with Crippen molar-refractivity contribution in [2.45, 2.75) is 31.6 Å². The number of hydrogen-bond donors (Lipinski definition) is 1. The first kappa shape index (κ1) is 11.2. The van der Waals surface area contributed by atoms with Crippen LogP contribution in [-0.2, 0) is 0 Å². The van der Waals surface area contributed by atoms with Crippen molar-refractivity contribution in [2.24, 2.45) is 5.16 Å². The first-order valence-corrected chi connectivity index (χ1v) is 6.44. The average Bonchev–Trinajstić information content (AvgIpc) is 2.46. The molecule has 1 heterocycles. The lowest BCUT2D eigenvalue weighted by atomic mass is 9.83. The topological polar surface area (TPSA) is 45.5 Å². The molecule has 92 valence electrons. The summed E-state index contributed by atoms with van der Waals surface area (Å²) in [5.74, 6) is 0.176. The summed E-state index contributed by atoms with van der Waals surface area (Å²) < 4.78 is 0. The number of aromatic nitrogens is 1. The Morgan fingerprint density at radius 3 is 2.94 bits per heavy atom. The van der Waals surface area contributed by atoms with Gasteiger partial charge in [-0.15, -0.1) is 0 Å². The van der Waals surface area contributed by atoms with E-state index in [0.29, 0.717) is 0 Å². The normalized spacial score (nSPS) is 22.4. The highest BCUT2D eigenvalue weighted by molar-refractivity contribution is 5.95. The summed E-state index contributed by atoms with van der Waals surface area (Å²) in [4.78, 5) is 4.54. The molecule has 0 spiro atoms. The lowest BCUT2D eigenvalue weighted by Crippen LogP contribution is -2.18. The van der Waals surface area contributed by atoms with Gasteiger partial charge in [-0.3, -0.25) is 4.98 Å². The van der Waals surface area contributed by atoms with Crippen LogP contribution in [0.5, 0.6) is 0 Å². The molecule has 1 aliphatic rings. The van der Waals surface area contributed by atoms with Crippen LogP contribution in [0, 0.1) is 0 Å². The van der Waals surface area contributed by atoms with Crippen molar-refractivity contribution >= 4 is 16.5 Å². The minimum atomic E-state index is 0.176. The second-order valence-corrected chi connectivity index (χ2v) is 4.81. The van der Waals surface area contributed by atoms with E-state index in [-0.39, 0.29) is 5.92 Å². The van der Waals surface area contributed by atoms with Gasteiger partial charge in [0.1, 0.15) is 0 Å². The molecule has 1 aromatic carbocycles. The van der Waals surface area contributed by atoms with Crippen LogP contribution in [0.25, 0.3) is 10.8 Å². The number of hydrogen-bond acceptors (Lipinski definition) is 3. The van der Waals surface area contributed by atoms with Crippen molar-refractivity contribution in [1.82, 2.24) is 4.98 Å². The van der Waals surface area contributed by atoms with Crippen LogP contribution in [-0.4, -0.2) is 15.9 Å². The van der Waals surface area contributed by atoms with Crippen molar-refractivity contribution in [1.29, 1.82) is 0 Å². The zero-order chi connectivity index (χ0) is 12.4. The summed E-state index contributed by atoms with van der Waals surface area (Å²) in [5, 5.41) is 15.0. The summed E-state index contributed by atoms with van der Waals surface area (Å²) in [5.41, 5.74) is 1.94. The Bertz CT molecular complexity index is 587. The fourth-order valence-electron chi connectivity index (χ4n) is 2.83. The Labute approximate surface area is 106 Å². The van der Waals surface area contributed by atoms with Crippen LogP contribution >= 0.6 is 0 Å². The van der Waals surface area contributed by atoms with Gasteiger partial charge < -0.3 is 5.21 Å². The fourth-order valence-corrected chi connectivity index (χ4v) is 2.83. The molecule has 0 radical (unpaired) electrons. The van der Waals surface area contributed by atoms with Crippen molar-refractivity contribution < 1.29 is 5.21 Å². The number of pyridine rings is 1. The van der Waals surface area contributed by atoms with Crippen molar-refractivity contribution in [3.8, 4) is 0 Å². The highest BCUT2D eigenvalue weighted by Gasteiger charge is 2.25. The molecule has 1 fully saturated rings. The molecular weight excluding hydrogens is 224 g/mol. The Morgan fingerprint density at radius 2 is 2.06 bits per heavy atom. The van der Waals surface area contributed by atoms with Crippen LogP contribution in [0.4, 0.5) is 0 Å². The Hall–Kier alpha value is -1.90. The number of rotatable bonds is 1. The molecule has 0 saturated heterocycles. The minimum Gasteiger partial charge on any atom is -0.411 e. The summed E-state index contributed by atoms with van der Waals surface area (Å²) in [6, 6.07) is 10.3. The molecule has 0 amide bonds. The third-order valence-corrected chi connectivity index (χ3v) is 3.74. The quantitative estimate of drug-likeness (QED) is 0.610. The van der Waals surface area contributed by atoms with Crippen molar-refractivity contribution in [3.05, 3.63) is 42.2 Å². The third kappa shape index (κ3) is 1.86. The van der Waals surface area contributed by atoms with E-state index in [9.17, 15) is 0 Å². The van der Waals surface area contributed by atoms with Gasteiger partial charge in [-0.25, -0.2) is 0 Å². The van der Waals surface area contributed by atoms with Gasteiger partial charge in [-0.1, -0.05) is 35.8 Å². The average molecular weight is 240 g/mol. The summed E-state index contributed by atoms with van der Waals surface area (Å²) in [6.07, 6.45) is 6.04. The van der Waals surface area contributed by atoms with E-state index in [2.05, 4.69) is 22.3 Å². The zero-order valence-electron chi connectivity index (χ0n) is 10.2. The minimum absolute atomic E-state index is 0.176. The van der Waals surface area contributed by atoms with Crippen LogP contribution in [0.1, 0.15) is 37.3 Å². The number of nitrogens with zero attached hydrogens (tertiary/aromatic N) is 2. The molecule has 3 rings (SSSR count). The molecule has 1 atom stereocenters. The Balaban J connectivity index is 2.13. The van der Waals surface area contributed by atoms with Gasteiger partial charge in [0.25, 0.3) is 0 Å². The molecule has 1 N–H and O–H groups in total. The molecule has 3 nitrogen and oxygen atoms in total. The molecule has 0 aliphatic heterocycles. The Morgan fingerprint density at radius 1 is 1.17 bits per heavy atom. The van der Waals surface area contributed by atoms with E-state index in [1.54, 1.807) is 0 Å². The monoisotopic (exact) mass is 240 g/mol. The number of oxime groups is 1. The first-order valence-electron chi connectivity index (χ1n) is 6.44. The SMILES string of the molecule is O/N=C1/CCCC[C@@H]1c1nccc2ccccc12. The van der Waals surface area contributed by atoms with Gasteiger partial charge >= 0.3 is 0 Å². The van der Waals surface area contributed by atoms with E-state index in [1.807, 2.05) is 24.4 Å². The van der Waals surface area contributed by atoms with E-state index in [1.165, 1.54) is 17.2 Å². The van der Waals surface area contributed by atoms with Crippen LogP contribution in [0.3, 0.4) is 0 Å². The molecule has 1 saturated carbocycles. The maximum absolute atomic E-state index is 9.16. The molecule has 2 aromatic rings. The summed E-state index contributed by atoms with van der Waals surface area (Å²) >= 11 is 0. The summed E-state index contributed by atoms with van der Waals surface area (Å²) in [7, 11) is 0. The second-order valence-electron chi connectivity index (χ2n) is 4.81. The standard InChI is InChI=1S/C15H16N2O/c18-17-14-8-4-3-7-13(14)15-12-6-2-1-5-11(12)9-10-16-15/h1-2,5-6,9-10,13,18H,3-4,7-8H2/b17-14-/t13-/m0/s1. The van der Waals surface area contributed by atoms with Gasteiger partial charge in [0.05, 0.1) is 11.4 Å². The largest absolute Gasteiger partial charge is 0.411 e. The molecule has 18 heavy (non-hydrogen) atoms. The van der Waals surface area contributed by atoms with E-state index < -0.39 is 0 Å². The fraction of sp³-hybridized carbons (Fsp3) is 0.333. The number of fused-ring (bicyclic) bond motifs is 1. The van der Waals surface area contributed by atoms with Gasteiger partial charge in [0.2, 0.25) is 0 Å². The maximum Gasteiger partial charge on any atom is 0.0661 e. The van der Waals surface area contributed by atoms with E-state index in [0.717, 1.165) is 30.7 Å². The van der Waals surface area contributed by atoms with Gasteiger partial charge in [-0.2, -0.15) is 0 Å². The molecule has 0 bridgehead atoms. The molecule has 1 aliphatic carbocycles. The van der Waals surface area contributed by atoms with Gasteiger partial charge in [0, 0.05) is 17.5 Å². The lowest BCUT2D eigenvalue weighted by molar-refractivity contribution is 0.312. The van der Waals surface area contributed by atoms with Crippen LogP contribution < -0.4 is 0 Å². The summed E-state index contributed by atoms with van der Waals surface area (Å²) in [6.45, 7) is 0. The zero-order valence-corrected chi connectivity index (χ0v) is 10.2. The smallest absolute Gasteiger partial charge is 0.0661 e. The molecule has 3 heteroatoms. The van der Waals surface area contributed by atoms with Gasteiger partial charge in [0.15, 0.2) is 0 Å². The molecular formula is C15H16N2O. The number of benzene rings is 1. The maximum atomic E-state index is 9.16. The van der Waals surface area contributed by atoms with Crippen molar-refractivity contribution in [2.75, 3.05) is 0 Å². The predicted octanol–water partition coefficient (Wildman–Crippen LogP) is 3.72. The third-order valence-electron chi connectivity index (χ3n) is 3.74. The Kier molecular flexibility index (Phi) is 2.97. The highest BCUT2D eigenvalue weighted by atomic mass is 16.4. The van der Waals surface area contributed by atoms with E-state index in [4.69, 9.17) is 5.21 Å². The first-order chi connectivity index (χ1) is 8.90.